The van der Waals surface area contributed by atoms with E-state index in [9.17, 15) is 9.59 Å². The van der Waals surface area contributed by atoms with Gasteiger partial charge in [0.1, 0.15) is 0 Å². The van der Waals surface area contributed by atoms with E-state index in [-0.39, 0.29) is 23.2 Å². The highest BCUT2D eigenvalue weighted by Crippen LogP contribution is 2.39. The van der Waals surface area contributed by atoms with Gasteiger partial charge in [-0.25, -0.2) is 19.2 Å². The van der Waals surface area contributed by atoms with Gasteiger partial charge in [-0.1, -0.05) is 218 Å². The Balaban J connectivity index is 1.27. The highest BCUT2D eigenvalue weighted by molar-refractivity contribution is 5.96. The van der Waals surface area contributed by atoms with Gasteiger partial charge in [-0.2, -0.15) is 0 Å². The Labute approximate surface area is 415 Å². The third-order valence-corrected chi connectivity index (χ3v) is 12.7. The number of carbonyl (C=O) groups is 4. The van der Waals surface area contributed by atoms with Gasteiger partial charge in [0.25, 0.3) is 0 Å². The van der Waals surface area contributed by atoms with Crippen molar-refractivity contribution in [3.8, 4) is 0 Å². The Kier molecular flexibility index (Phi) is 16.9. The molecule has 9 heteroatoms. The van der Waals surface area contributed by atoms with Crippen molar-refractivity contribution >= 4 is 23.9 Å². The summed E-state index contributed by atoms with van der Waals surface area (Å²) >= 11 is 0. The number of rotatable bonds is 20. The fourth-order valence-corrected chi connectivity index (χ4v) is 8.98. The summed E-state index contributed by atoms with van der Waals surface area (Å²) in [7, 11) is 0. The number of hydrogen-bond acceptors (Lipinski definition) is 9. The Morgan fingerprint density at radius 2 is 0.606 bits per heavy atom. The van der Waals surface area contributed by atoms with Gasteiger partial charge >= 0.3 is 23.9 Å². The van der Waals surface area contributed by atoms with E-state index < -0.39 is 48.2 Å². The first-order valence-electron chi connectivity index (χ1n) is 23.8. The van der Waals surface area contributed by atoms with Crippen molar-refractivity contribution < 1.29 is 33.4 Å². The zero-order valence-corrected chi connectivity index (χ0v) is 39.7. The lowest BCUT2D eigenvalue weighted by molar-refractivity contribution is -0.177. The maximum atomic E-state index is 15.6. The minimum Gasteiger partial charge on any atom is -0.445 e. The number of nitrogens with zero attached hydrogens (tertiary/aromatic N) is 2. The summed E-state index contributed by atoms with van der Waals surface area (Å²) in [6.07, 6.45) is -3.48. The largest absolute Gasteiger partial charge is 0.445 e. The molecule has 0 bridgehead atoms. The molecule has 0 aromatic heterocycles. The highest BCUT2D eigenvalue weighted by atomic mass is 16.6. The first-order chi connectivity index (χ1) is 34.7. The Morgan fingerprint density at radius 3 is 0.901 bits per heavy atom. The lowest BCUT2D eigenvalue weighted by Gasteiger charge is -2.41. The first kappa shape index (κ1) is 49.2. The molecule has 0 fully saturated rings. The van der Waals surface area contributed by atoms with Crippen molar-refractivity contribution in [1.82, 2.24) is 9.80 Å². The molecule has 8 rings (SSSR count). The average molecular weight is 941 g/mol. The molecule has 0 aliphatic carbocycles. The maximum absolute atomic E-state index is 15.6. The van der Waals surface area contributed by atoms with E-state index in [1.165, 1.54) is 0 Å². The van der Waals surface area contributed by atoms with Crippen molar-refractivity contribution in [2.24, 2.45) is 0 Å². The number of ether oxygens (including phenoxy) is 3. The molecule has 0 amide bonds. The lowest BCUT2D eigenvalue weighted by Crippen LogP contribution is -2.48. The molecule has 6 atom stereocenters. The van der Waals surface area contributed by atoms with Crippen LogP contribution in [-0.2, 0) is 36.9 Å². The third-order valence-electron chi connectivity index (χ3n) is 12.7. The SMILES string of the molecule is CC(c1ccccc1)N(Cc1ccccc1)C(c1ccccc1)C(OC(=O)c1ccccc1)C(=O)OC(=O)C(OC(=O)c1ccccc1)C(c1ccccc1)N(Cc1ccccc1)C(C)c1ccccc1. The summed E-state index contributed by atoms with van der Waals surface area (Å²) < 4.78 is 18.9. The van der Waals surface area contributed by atoms with Gasteiger partial charge in [0, 0.05) is 25.2 Å². The van der Waals surface area contributed by atoms with Crippen LogP contribution in [-0.4, -0.2) is 45.9 Å². The van der Waals surface area contributed by atoms with Crippen LogP contribution in [0.4, 0.5) is 0 Å². The van der Waals surface area contributed by atoms with E-state index in [1.807, 2.05) is 196 Å². The predicted octanol–water partition coefficient (Wildman–Crippen LogP) is 12.5. The second kappa shape index (κ2) is 24.4. The summed E-state index contributed by atoms with van der Waals surface area (Å²) in [5.74, 6) is -3.89. The molecule has 0 N–H and O–H groups in total. The van der Waals surface area contributed by atoms with Gasteiger partial charge in [0.15, 0.2) is 0 Å². The highest BCUT2D eigenvalue weighted by Gasteiger charge is 2.46. The molecule has 356 valence electrons. The Morgan fingerprint density at radius 1 is 0.352 bits per heavy atom. The van der Waals surface area contributed by atoms with Crippen LogP contribution in [0.5, 0.6) is 0 Å². The average Bonchev–Trinajstić information content (AvgIpc) is 3.43. The van der Waals surface area contributed by atoms with Crippen molar-refractivity contribution in [2.75, 3.05) is 0 Å². The van der Waals surface area contributed by atoms with Gasteiger partial charge in [0.2, 0.25) is 12.2 Å². The molecule has 9 nitrogen and oxygen atoms in total. The molecule has 71 heavy (non-hydrogen) atoms. The molecule has 8 aromatic carbocycles. The van der Waals surface area contributed by atoms with Crippen LogP contribution in [0.1, 0.15) is 92.1 Å². The first-order valence-corrected chi connectivity index (χ1v) is 23.8. The summed E-state index contributed by atoms with van der Waals surface area (Å²) in [4.78, 5) is 64.1. The molecule has 0 spiro atoms. The molecule has 6 unspecified atom stereocenters. The summed E-state index contributed by atoms with van der Waals surface area (Å²) in [5.41, 5.74) is 5.37. The lowest BCUT2D eigenvalue weighted by atomic mass is 9.94. The molecule has 0 aliphatic rings. The van der Waals surface area contributed by atoms with Gasteiger partial charge < -0.3 is 14.2 Å². The Hall–Kier alpha value is -8.24. The summed E-state index contributed by atoms with van der Waals surface area (Å²) in [6, 6.07) is 71.8. The second-order valence-electron chi connectivity index (χ2n) is 17.3. The smallest absolute Gasteiger partial charge is 0.357 e. The van der Waals surface area contributed by atoms with Crippen molar-refractivity contribution in [1.29, 1.82) is 0 Å². The molecule has 0 saturated heterocycles. The fraction of sp³-hybridized carbons (Fsp3) is 0.161. The van der Waals surface area contributed by atoms with Crippen LogP contribution in [0.2, 0.25) is 0 Å². The third kappa shape index (κ3) is 12.7. The van der Waals surface area contributed by atoms with Crippen molar-refractivity contribution in [3.63, 3.8) is 0 Å². The molecule has 0 saturated carbocycles. The van der Waals surface area contributed by atoms with Crippen molar-refractivity contribution in [3.05, 3.63) is 287 Å². The van der Waals surface area contributed by atoms with Crippen LogP contribution in [0.3, 0.4) is 0 Å². The predicted molar refractivity (Wildman–Crippen MR) is 274 cm³/mol. The van der Waals surface area contributed by atoms with Crippen LogP contribution < -0.4 is 0 Å². The van der Waals surface area contributed by atoms with Gasteiger partial charge in [0.05, 0.1) is 23.2 Å². The second-order valence-corrected chi connectivity index (χ2v) is 17.3. The quantitative estimate of drug-likeness (QED) is 0.0420. The minimum atomic E-state index is -1.74. The fourth-order valence-electron chi connectivity index (χ4n) is 8.98. The molecular formula is C62H56N2O7. The van der Waals surface area contributed by atoms with E-state index in [0.717, 1.165) is 22.3 Å². The van der Waals surface area contributed by atoms with E-state index in [4.69, 9.17) is 14.2 Å². The monoisotopic (exact) mass is 940 g/mol. The minimum absolute atomic E-state index is 0.194. The van der Waals surface area contributed by atoms with Gasteiger partial charge in [-0.15, -0.1) is 0 Å². The molecular weight excluding hydrogens is 885 g/mol. The molecule has 8 aromatic rings. The van der Waals surface area contributed by atoms with Crippen LogP contribution in [0.25, 0.3) is 0 Å². The molecule has 0 radical (unpaired) electrons. The number of benzene rings is 8. The summed E-state index contributed by atoms with van der Waals surface area (Å²) in [6.45, 7) is 4.66. The zero-order valence-electron chi connectivity index (χ0n) is 39.7. The van der Waals surface area contributed by atoms with Crippen LogP contribution in [0.15, 0.2) is 243 Å². The summed E-state index contributed by atoms with van der Waals surface area (Å²) in [5, 5.41) is 0. The van der Waals surface area contributed by atoms with Gasteiger partial charge in [-0.3, -0.25) is 9.80 Å². The van der Waals surface area contributed by atoms with E-state index in [1.54, 1.807) is 60.7 Å². The molecule has 0 heterocycles. The van der Waals surface area contributed by atoms with Gasteiger partial charge in [-0.05, 0) is 71.5 Å². The van der Waals surface area contributed by atoms with E-state index in [2.05, 4.69) is 9.80 Å². The molecule has 0 aliphatic heterocycles. The Bertz CT molecular complexity index is 2710. The topological polar surface area (TPSA) is 102 Å². The van der Waals surface area contributed by atoms with E-state index >= 15 is 9.59 Å². The number of hydrogen-bond donors (Lipinski definition) is 0. The van der Waals surface area contributed by atoms with Crippen LogP contribution >= 0.6 is 0 Å². The number of esters is 4. The van der Waals surface area contributed by atoms with Crippen LogP contribution in [0, 0.1) is 0 Å². The number of carbonyl (C=O) groups excluding carboxylic acids is 4. The van der Waals surface area contributed by atoms with E-state index in [0.29, 0.717) is 24.2 Å². The standard InChI is InChI=1S/C62H56N2O7/c1-45(49-31-15-5-16-32-49)63(43-47-27-11-3-12-28-47)55(51-35-19-7-20-36-51)57(69-59(65)53-39-23-9-24-40-53)61(67)71-62(68)58(70-60(66)54-41-25-10-26-42-54)56(52-37-21-8-22-38-52)64(44-48-29-13-4-14-30-48)46(2)50-33-17-6-18-34-50/h3-42,45-46,55-58H,43-44H2,1-2H3. The maximum Gasteiger partial charge on any atom is 0.357 e. The zero-order chi connectivity index (χ0) is 49.4. The van der Waals surface area contributed by atoms with Crippen molar-refractivity contribution in [2.45, 2.75) is 63.3 Å². The normalized spacial score (nSPS) is 13.7.